The normalized spacial score (nSPS) is 14.8. The Morgan fingerprint density at radius 3 is 1.90 bits per heavy atom. The quantitative estimate of drug-likeness (QED) is 0.283. The second kappa shape index (κ2) is 10.8. The molecule has 0 aromatic carbocycles. The third kappa shape index (κ3) is 9.69. The number of rotatable bonds is 12. The van der Waals surface area contributed by atoms with Crippen molar-refractivity contribution in [3.8, 4) is 0 Å². The molecular weight excluding hydrogens is 288 g/mol. The molecule has 0 heterocycles. The zero-order valence-corrected chi connectivity index (χ0v) is 17.8. The summed E-state index contributed by atoms with van der Waals surface area (Å²) in [5.74, 6) is 0. The molecule has 0 spiro atoms. The van der Waals surface area contributed by atoms with Crippen molar-refractivity contribution < 1.29 is 4.43 Å². The van der Waals surface area contributed by atoms with Gasteiger partial charge in [0.1, 0.15) is 0 Å². The summed E-state index contributed by atoms with van der Waals surface area (Å²) in [6.45, 7) is 16.5. The average Bonchev–Trinajstić information content (AvgIpc) is 2.43. The number of hydrogen-bond donors (Lipinski definition) is 0. The zero-order valence-electron chi connectivity index (χ0n) is 15.8. The minimum Gasteiger partial charge on any atom is -0.414 e. The van der Waals surface area contributed by atoms with Gasteiger partial charge < -0.3 is 4.43 Å². The van der Waals surface area contributed by atoms with Gasteiger partial charge in [0, 0.05) is 6.10 Å². The van der Waals surface area contributed by atoms with E-state index in [0.29, 0.717) is 6.10 Å². The van der Waals surface area contributed by atoms with Gasteiger partial charge in [-0.2, -0.15) is 0 Å². The highest BCUT2D eigenvalue weighted by atomic mass is 28.4. The molecule has 0 fully saturated rings. The van der Waals surface area contributed by atoms with Gasteiger partial charge in [0.15, 0.2) is 8.32 Å². The van der Waals surface area contributed by atoms with Crippen LogP contribution in [0.25, 0.3) is 0 Å². The minimum absolute atomic E-state index is 0.468. The lowest BCUT2D eigenvalue weighted by atomic mass is 10.1. The summed E-state index contributed by atoms with van der Waals surface area (Å²) in [6.07, 6.45) is 9.23. The van der Waals surface area contributed by atoms with Gasteiger partial charge in [-0.1, -0.05) is 78.4 Å². The second-order valence-electron chi connectivity index (χ2n) is 7.48. The maximum Gasteiger partial charge on any atom is 0.192 e. The van der Waals surface area contributed by atoms with Crippen LogP contribution in [0.4, 0.5) is 0 Å². The summed E-state index contributed by atoms with van der Waals surface area (Å²) < 4.78 is 6.75. The lowest BCUT2D eigenvalue weighted by Gasteiger charge is -2.33. The van der Waals surface area contributed by atoms with E-state index in [1.165, 1.54) is 43.8 Å². The molecule has 1 unspecified atom stereocenters. The predicted octanol–water partition coefficient (Wildman–Crippen LogP) is 6.78. The summed E-state index contributed by atoms with van der Waals surface area (Å²) in [6, 6.07) is 3.80. The van der Waals surface area contributed by atoms with Gasteiger partial charge in [-0.05, 0) is 31.0 Å². The molecule has 0 saturated carbocycles. The Balaban J connectivity index is 4.68. The molecule has 0 aromatic heterocycles. The summed E-state index contributed by atoms with van der Waals surface area (Å²) >= 11 is 0. The number of hydrogen-bond acceptors (Lipinski definition) is 1. The molecule has 0 aliphatic rings. The van der Waals surface area contributed by atoms with E-state index >= 15 is 0 Å². The van der Waals surface area contributed by atoms with E-state index in [-0.39, 0.29) is 0 Å². The molecule has 0 aliphatic heterocycles. The van der Waals surface area contributed by atoms with Crippen molar-refractivity contribution in [2.24, 2.45) is 0 Å². The van der Waals surface area contributed by atoms with Crippen molar-refractivity contribution in [2.45, 2.75) is 104 Å². The second-order valence-corrected chi connectivity index (χ2v) is 17.3. The smallest absolute Gasteiger partial charge is 0.192 e. The van der Waals surface area contributed by atoms with Crippen molar-refractivity contribution in [3.05, 3.63) is 11.8 Å². The highest BCUT2D eigenvalue weighted by Gasteiger charge is 2.31. The van der Waals surface area contributed by atoms with E-state index in [2.05, 4.69) is 59.1 Å². The van der Waals surface area contributed by atoms with Crippen molar-refractivity contribution in [1.29, 1.82) is 0 Å². The fraction of sp³-hybridized carbons (Fsp3) is 0.889. The zero-order chi connectivity index (χ0) is 16.4. The number of unbranched alkanes of at least 4 members (excludes halogenated alkanes) is 2. The van der Waals surface area contributed by atoms with Crippen LogP contribution in [0.15, 0.2) is 11.8 Å². The SMILES string of the molecule is CCCCCC(C/C=C\[Si](C)(C)C)O[Si](CC)(CC)CC. The Hall–Kier alpha value is 0.134. The molecule has 0 amide bonds. The Kier molecular flexibility index (Phi) is 10.9. The fourth-order valence-electron chi connectivity index (χ4n) is 2.77. The van der Waals surface area contributed by atoms with Crippen LogP contribution in [0.5, 0.6) is 0 Å². The van der Waals surface area contributed by atoms with Crippen LogP contribution in [-0.2, 0) is 4.43 Å². The van der Waals surface area contributed by atoms with E-state index in [9.17, 15) is 0 Å². The maximum absolute atomic E-state index is 6.75. The highest BCUT2D eigenvalue weighted by Crippen LogP contribution is 2.26. The molecule has 1 atom stereocenters. The molecule has 0 N–H and O–H groups in total. The lowest BCUT2D eigenvalue weighted by molar-refractivity contribution is 0.175. The predicted molar refractivity (Wildman–Crippen MR) is 103 cm³/mol. The van der Waals surface area contributed by atoms with E-state index < -0.39 is 16.4 Å². The molecule has 21 heavy (non-hydrogen) atoms. The highest BCUT2D eigenvalue weighted by molar-refractivity contribution is 6.80. The van der Waals surface area contributed by atoms with E-state index in [1.807, 2.05) is 0 Å². The van der Waals surface area contributed by atoms with E-state index in [0.717, 1.165) is 6.42 Å². The van der Waals surface area contributed by atoms with Gasteiger partial charge in [-0.15, -0.1) is 0 Å². The van der Waals surface area contributed by atoms with Gasteiger partial charge >= 0.3 is 0 Å². The van der Waals surface area contributed by atoms with E-state index in [4.69, 9.17) is 4.43 Å². The monoisotopic (exact) mass is 328 g/mol. The summed E-state index contributed by atoms with van der Waals surface area (Å²) in [5, 5.41) is 0. The van der Waals surface area contributed by atoms with E-state index in [1.54, 1.807) is 0 Å². The van der Waals surface area contributed by atoms with Gasteiger partial charge in [0.25, 0.3) is 0 Å². The van der Waals surface area contributed by atoms with Crippen molar-refractivity contribution in [1.82, 2.24) is 0 Å². The molecule has 0 saturated heterocycles. The van der Waals surface area contributed by atoms with Crippen LogP contribution in [-0.4, -0.2) is 22.5 Å². The first-order valence-electron chi connectivity index (χ1n) is 9.18. The molecule has 0 aliphatic carbocycles. The largest absolute Gasteiger partial charge is 0.414 e. The van der Waals surface area contributed by atoms with Crippen LogP contribution in [0.1, 0.15) is 59.8 Å². The minimum atomic E-state index is -1.46. The van der Waals surface area contributed by atoms with Gasteiger partial charge in [-0.25, -0.2) is 0 Å². The first kappa shape index (κ1) is 21.1. The van der Waals surface area contributed by atoms with Gasteiger partial charge in [0.2, 0.25) is 0 Å². The molecule has 126 valence electrons. The standard InChI is InChI=1S/C18H40OSi2/c1-8-12-13-15-18(16-14-17-20(5,6)7)19-21(9-2,10-3)11-4/h14,17-18H,8-13,15-16H2,1-7H3/b17-14-. The molecular formula is C18H40OSi2. The Morgan fingerprint density at radius 1 is 0.905 bits per heavy atom. The van der Waals surface area contributed by atoms with Crippen molar-refractivity contribution >= 4 is 16.4 Å². The third-order valence-corrected chi connectivity index (χ3v) is 10.4. The molecule has 0 radical (unpaired) electrons. The summed E-state index contributed by atoms with van der Waals surface area (Å²) in [5.41, 5.74) is 2.48. The van der Waals surface area contributed by atoms with Crippen LogP contribution in [0.3, 0.4) is 0 Å². The van der Waals surface area contributed by atoms with Crippen LogP contribution in [0.2, 0.25) is 37.8 Å². The maximum atomic E-state index is 6.75. The first-order chi connectivity index (χ1) is 9.82. The van der Waals surface area contributed by atoms with Gasteiger partial charge in [0.05, 0.1) is 8.07 Å². The Bertz CT molecular complexity index is 269. The lowest BCUT2D eigenvalue weighted by Crippen LogP contribution is -2.39. The average molecular weight is 329 g/mol. The summed E-state index contributed by atoms with van der Waals surface area (Å²) in [4.78, 5) is 0. The summed E-state index contributed by atoms with van der Waals surface area (Å²) in [7, 11) is -2.53. The van der Waals surface area contributed by atoms with Crippen LogP contribution >= 0.6 is 0 Å². The first-order valence-corrected chi connectivity index (χ1v) is 15.3. The van der Waals surface area contributed by atoms with Crippen molar-refractivity contribution in [3.63, 3.8) is 0 Å². The van der Waals surface area contributed by atoms with Crippen molar-refractivity contribution in [2.75, 3.05) is 0 Å². The molecule has 0 rings (SSSR count). The van der Waals surface area contributed by atoms with Crippen LogP contribution < -0.4 is 0 Å². The topological polar surface area (TPSA) is 9.23 Å². The fourth-order valence-corrected chi connectivity index (χ4v) is 6.54. The third-order valence-electron chi connectivity index (χ3n) is 4.50. The molecule has 3 heteroatoms. The molecule has 0 aromatic rings. The molecule has 0 bridgehead atoms. The molecule has 1 nitrogen and oxygen atoms in total. The Labute approximate surface area is 136 Å². The Morgan fingerprint density at radius 2 is 1.48 bits per heavy atom. The van der Waals surface area contributed by atoms with Crippen LogP contribution in [0, 0.1) is 0 Å². The van der Waals surface area contributed by atoms with Gasteiger partial charge in [-0.3, -0.25) is 0 Å².